The molecule has 0 bridgehead atoms. The first kappa shape index (κ1) is 18.8. The molecule has 0 fully saturated rings. The number of benzene rings is 1. The van der Waals surface area contributed by atoms with Crippen LogP contribution >= 0.6 is 11.3 Å². The zero-order chi connectivity index (χ0) is 18.2. The van der Waals surface area contributed by atoms with Gasteiger partial charge in [0.05, 0.1) is 19.2 Å². The fourth-order valence-corrected chi connectivity index (χ4v) is 2.68. The van der Waals surface area contributed by atoms with Crippen molar-refractivity contribution in [2.45, 2.75) is 26.9 Å². The highest BCUT2D eigenvalue weighted by molar-refractivity contribution is 7.09. The summed E-state index contributed by atoms with van der Waals surface area (Å²) in [6.45, 7) is 0.943. The highest BCUT2D eigenvalue weighted by atomic mass is 32.1. The van der Waals surface area contributed by atoms with Gasteiger partial charge in [-0.2, -0.15) is 13.9 Å². The highest BCUT2D eigenvalue weighted by Crippen LogP contribution is 2.29. The highest BCUT2D eigenvalue weighted by Gasteiger charge is 2.11. The smallest absolute Gasteiger partial charge is 0.387 e. The SMILES string of the molecule is CCOc1cc(/C=N\NC(=O)Cc2nc(C)cs2)ccc1OC(F)F. The van der Waals surface area contributed by atoms with E-state index >= 15 is 0 Å². The van der Waals surface area contributed by atoms with Crippen LogP contribution in [0.5, 0.6) is 11.5 Å². The Hall–Kier alpha value is -2.55. The number of nitrogens with zero attached hydrogens (tertiary/aromatic N) is 2. The minimum absolute atomic E-state index is 0.0582. The molecule has 0 saturated carbocycles. The summed E-state index contributed by atoms with van der Waals surface area (Å²) >= 11 is 1.41. The Balaban J connectivity index is 1.97. The molecule has 0 aliphatic rings. The van der Waals surface area contributed by atoms with Crippen LogP contribution in [-0.2, 0) is 11.2 Å². The predicted molar refractivity (Wildman–Crippen MR) is 90.5 cm³/mol. The summed E-state index contributed by atoms with van der Waals surface area (Å²) < 4.78 is 34.4. The van der Waals surface area contributed by atoms with E-state index in [4.69, 9.17) is 4.74 Å². The third kappa shape index (κ3) is 6.11. The first-order valence-corrected chi connectivity index (χ1v) is 8.30. The van der Waals surface area contributed by atoms with Gasteiger partial charge in [-0.3, -0.25) is 4.79 Å². The fraction of sp³-hybridized carbons (Fsp3) is 0.312. The van der Waals surface area contributed by atoms with E-state index in [1.807, 2.05) is 12.3 Å². The molecule has 9 heteroatoms. The first-order chi connectivity index (χ1) is 12.0. The molecule has 0 saturated heterocycles. The lowest BCUT2D eigenvalue weighted by Crippen LogP contribution is -2.19. The molecule has 6 nitrogen and oxygen atoms in total. The van der Waals surface area contributed by atoms with Gasteiger partial charge in [0.25, 0.3) is 0 Å². The fourth-order valence-electron chi connectivity index (χ4n) is 1.91. The maximum absolute atomic E-state index is 12.4. The Kier molecular flexibility index (Phi) is 6.81. The average Bonchev–Trinajstić information content (AvgIpc) is 2.94. The molecule has 1 N–H and O–H groups in total. The molecule has 0 spiro atoms. The summed E-state index contributed by atoms with van der Waals surface area (Å²) in [4.78, 5) is 16.0. The van der Waals surface area contributed by atoms with Gasteiger partial charge < -0.3 is 9.47 Å². The van der Waals surface area contributed by atoms with Crippen LogP contribution in [0.4, 0.5) is 8.78 Å². The topological polar surface area (TPSA) is 72.8 Å². The predicted octanol–water partition coefficient (Wildman–Crippen LogP) is 3.14. The lowest BCUT2D eigenvalue weighted by Gasteiger charge is -2.11. The number of hydrogen-bond donors (Lipinski definition) is 1. The third-order valence-electron chi connectivity index (χ3n) is 2.86. The van der Waals surface area contributed by atoms with E-state index in [-0.39, 0.29) is 23.8 Å². The number of halogens is 2. The number of amides is 1. The van der Waals surface area contributed by atoms with Crippen LogP contribution in [-0.4, -0.2) is 30.3 Å². The minimum Gasteiger partial charge on any atom is -0.490 e. The third-order valence-corrected chi connectivity index (χ3v) is 3.83. The number of ether oxygens (including phenoxy) is 2. The van der Waals surface area contributed by atoms with Crippen LogP contribution in [0.25, 0.3) is 0 Å². The number of hydrogen-bond acceptors (Lipinski definition) is 6. The Labute approximate surface area is 147 Å². The summed E-state index contributed by atoms with van der Waals surface area (Å²) in [5.41, 5.74) is 3.82. The Morgan fingerprint density at radius 1 is 1.44 bits per heavy atom. The number of hydrazone groups is 1. The molecule has 134 valence electrons. The van der Waals surface area contributed by atoms with Gasteiger partial charge in [0.1, 0.15) is 5.01 Å². The molecule has 0 aliphatic heterocycles. The standard InChI is InChI=1S/C16H17F2N3O3S/c1-3-23-13-6-11(4-5-12(13)24-16(17)18)8-19-21-14(22)7-15-20-10(2)9-25-15/h4-6,8-9,16H,3,7H2,1-2H3,(H,21,22)/b19-8-. The van der Waals surface area contributed by atoms with E-state index in [1.54, 1.807) is 6.92 Å². The van der Waals surface area contributed by atoms with Crippen LogP contribution in [0.2, 0.25) is 0 Å². The number of carbonyl (C=O) groups excluding carboxylic acids is 1. The molecule has 25 heavy (non-hydrogen) atoms. The summed E-state index contributed by atoms with van der Waals surface area (Å²) in [6, 6.07) is 4.39. The molecule has 1 amide bonds. The molecule has 2 aromatic rings. The van der Waals surface area contributed by atoms with Crippen molar-refractivity contribution in [1.29, 1.82) is 0 Å². The van der Waals surface area contributed by atoms with E-state index in [9.17, 15) is 13.6 Å². The van der Waals surface area contributed by atoms with Gasteiger partial charge in [0, 0.05) is 11.1 Å². The lowest BCUT2D eigenvalue weighted by molar-refractivity contribution is -0.120. The van der Waals surface area contributed by atoms with Gasteiger partial charge in [-0.15, -0.1) is 11.3 Å². The van der Waals surface area contributed by atoms with E-state index in [0.717, 1.165) is 5.69 Å². The van der Waals surface area contributed by atoms with Gasteiger partial charge in [0.15, 0.2) is 11.5 Å². The van der Waals surface area contributed by atoms with Crippen molar-refractivity contribution < 1.29 is 23.0 Å². The minimum atomic E-state index is -2.94. The van der Waals surface area contributed by atoms with Crippen LogP contribution in [0.3, 0.4) is 0 Å². The number of rotatable bonds is 8. The molecule has 0 unspecified atom stereocenters. The van der Waals surface area contributed by atoms with Crippen LogP contribution < -0.4 is 14.9 Å². The zero-order valence-corrected chi connectivity index (χ0v) is 14.5. The maximum Gasteiger partial charge on any atom is 0.387 e. The Bertz CT molecular complexity index is 750. The number of aromatic nitrogens is 1. The largest absolute Gasteiger partial charge is 0.490 e. The second-order valence-corrected chi connectivity index (χ2v) is 5.81. The van der Waals surface area contributed by atoms with Crippen molar-refractivity contribution >= 4 is 23.5 Å². The zero-order valence-electron chi connectivity index (χ0n) is 13.7. The van der Waals surface area contributed by atoms with Crippen LogP contribution in [0.15, 0.2) is 28.7 Å². The van der Waals surface area contributed by atoms with Crippen LogP contribution in [0, 0.1) is 6.92 Å². The van der Waals surface area contributed by atoms with Crippen molar-refractivity contribution in [1.82, 2.24) is 10.4 Å². The van der Waals surface area contributed by atoms with E-state index < -0.39 is 6.61 Å². The molecule has 0 radical (unpaired) electrons. The van der Waals surface area contributed by atoms with Gasteiger partial charge in [-0.25, -0.2) is 10.4 Å². The second-order valence-electron chi connectivity index (χ2n) is 4.87. The molecular weight excluding hydrogens is 352 g/mol. The quantitative estimate of drug-likeness (QED) is 0.573. The molecule has 1 aromatic heterocycles. The molecule has 2 rings (SSSR count). The Morgan fingerprint density at radius 2 is 2.24 bits per heavy atom. The molecule has 1 heterocycles. The van der Waals surface area contributed by atoms with Gasteiger partial charge in [0.2, 0.25) is 5.91 Å². The van der Waals surface area contributed by atoms with E-state index in [2.05, 4.69) is 20.2 Å². The van der Waals surface area contributed by atoms with Crippen molar-refractivity contribution in [2.24, 2.45) is 5.10 Å². The number of aryl methyl sites for hydroxylation is 1. The van der Waals surface area contributed by atoms with Crippen molar-refractivity contribution in [3.63, 3.8) is 0 Å². The van der Waals surface area contributed by atoms with Crippen molar-refractivity contribution in [3.8, 4) is 11.5 Å². The Morgan fingerprint density at radius 3 is 2.88 bits per heavy atom. The molecular formula is C16H17F2N3O3S. The molecule has 0 atom stereocenters. The van der Waals surface area contributed by atoms with Crippen molar-refractivity contribution in [2.75, 3.05) is 6.61 Å². The molecule has 0 aliphatic carbocycles. The average molecular weight is 369 g/mol. The maximum atomic E-state index is 12.4. The molecule has 1 aromatic carbocycles. The van der Waals surface area contributed by atoms with E-state index in [1.165, 1.54) is 35.8 Å². The summed E-state index contributed by atoms with van der Waals surface area (Å²) in [6.07, 6.45) is 1.53. The number of thiazole rings is 1. The lowest BCUT2D eigenvalue weighted by atomic mass is 10.2. The second kappa shape index (κ2) is 9.07. The number of alkyl halides is 2. The summed E-state index contributed by atoms with van der Waals surface area (Å²) in [7, 11) is 0. The number of nitrogens with one attached hydrogen (secondary N) is 1. The normalized spacial score (nSPS) is 11.1. The first-order valence-electron chi connectivity index (χ1n) is 7.42. The van der Waals surface area contributed by atoms with Gasteiger partial charge in [-0.05, 0) is 37.6 Å². The van der Waals surface area contributed by atoms with Gasteiger partial charge in [-0.1, -0.05) is 0 Å². The summed E-state index contributed by atoms with van der Waals surface area (Å²) in [5.74, 6) is -0.179. The van der Waals surface area contributed by atoms with Crippen molar-refractivity contribution in [3.05, 3.63) is 39.8 Å². The summed E-state index contributed by atoms with van der Waals surface area (Å²) in [5, 5.41) is 6.42. The van der Waals surface area contributed by atoms with E-state index in [0.29, 0.717) is 17.2 Å². The van der Waals surface area contributed by atoms with Gasteiger partial charge >= 0.3 is 6.61 Å². The van der Waals surface area contributed by atoms with Crippen LogP contribution in [0.1, 0.15) is 23.2 Å². The number of carbonyl (C=O) groups is 1. The monoisotopic (exact) mass is 369 g/mol.